The smallest absolute Gasteiger partial charge is 0.240 e. The Balaban J connectivity index is 1.55. The SMILES string of the molecule is O=C(CC1SC(=NCc2ccco2)NC1=O)Nc1ccccc1Br. The third-order valence-corrected chi connectivity index (χ3v) is 5.06. The molecule has 1 unspecified atom stereocenters. The second-order valence-electron chi connectivity index (χ2n) is 5.03. The normalized spacial score (nSPS) is 18.6. The van der Waals surface area contributed by atoms with Gasteiger partial charge in [-0.1, -0.05) is 23.9 Å². The molecule has 2 aromatic rings. The van der Waals surface area contributed by atoms with Gasteiger partial charge in [-0.3, -0.25) is 14.6 Å². The fourth-order valence-electron chi connectivity index (χ4n) is 2.10. The van der Waals surface area contributed by atoms with Crippen LogP contribution in [0.5, 0.6) is 0 Å². The first-order valence-electron chi connectivity index (χ1n) is 7.20. The van der Waals surface area contributed by atoms with Crippen molar-refractivity contribution in [2.24, 2.45) is 4.99 Å². The molecule has 2 amide bonds. The molecule has 0 spiro atoms. The van der Waals surface area contributed by atoms with Crippen molar-refractivity contribution in [3.05, 3.63) is 52.9 Å². The van der Waals surface area contributed by atoms with E-state index < -0.39 is 5.25 Å². The zero-order chi connectivity index (χ0) is 16.9. The number of nitrogens with zero attached hydrogens (tertiary/aromatic N) is 1. The van der Waals surface area contributed by atoms with Crippen LogP contribution in [0.15, 0.2) is 56.5 Å². The number of benzene rings is 1. The molecule has 1 atom stereocenters. The number of aliphatic imine (C=N–C) groups is 1. The second-order valence-corrected chi connectivity index (χ2v) is 7.07. The molecule has 2 N–H and O–H groups in total. The lowest BCUT2D eigenvalue weighted by molar-refractivity contribution is -0.122. The molecule has 1 aliphatic heterocycles. The maximum absolute atomic E-state index is 12.1. The molecule has 0 saturated carbocycles. The number of anilines is 1. The molecule has 24 heavy (non-hydrogen) atoms. The zero-order valence-electron chi connectivity index (χ0n) is 12.5. The first-order valence-corrected chi connectivity index (χ1v) is 8.88. The molecule has 1 aromatic carbocycles. The van der Waals surface area contributed by atoms with E-state index in [-0.39, 0.29) is 18.2 Å². The zero-order valence-corrected chi connectivity index (χ0v) is 14.9. The fourth-order valence-corrected chi connectivity index (χ4v) is 3.45. The lowest BCUT2D eigenvalue weighted by Crippen LogP contribution is -2.28. The monoisotopic (exact) mass is 407 g/mol. The Hall–Kier alpha value is -2.06. The average molecular weight is 408 g/mol. The molecule has 1 aliphatic rings. The van der Waals surface area contributed by atoms with Gasteiger partial charge in [0.25, 0.3) is 0 Å². The van der Waals surface area contributed by atoms with Crippen LogP contribution in [0.1, 0.15) is 12.2 Å². The van der Waals surface area contributed by atoms with E-state index in [9.17, 15) is 9.59 Å². The molecular formula is C16H14BrN3O3S. The summed E-state index contributed by atoms with van der Waals surface area (Å²) >= 11 is 4.63. The Kier molecular flexibility index (Phi) is 5.37. The minimum atomic E-state index is -0.483. The third-order valence-electron chi connectivity index (χ3n) is 3.25. The predicted molar refractivity (Wildman–Crippen MR) is 96.8 cm³/mol. The highest BCUT2D eigenvalue weighted by Crippen LogP contribution is 2.25. The minimum absolute atomic E-state index is 0.0810. The Morgan fingerprint density at radius 3 is 2.92 bits per heavy atom. The van der Waals surface area contributed by atoms with Gasteiger partial charge in [0.15, 0.2) is 5.17 Å². The van der Waals surface area contributed by atoms with Crippen LogP contribution >= 0.6 is 27.7 Å². The number of para-hydroxylation sites is 1. The number of hydrogen-bond acceptors (Lipinski definition) is 5. The summed E-state index contributed by atoms with van der Waals surface area (Å²) in [5.74, 6) is 0.287. The highest BCUT2D eigenvalue weighted by Gasteiger charge is 2.32. The lowest BCUT2D eigenvalue weighted by Gasteiger charge is -2.08. The number of nitrogens with one attached hydrogen (secondary N) is 2. The maximum atomic E-state index is 12.1. The molecule has 1 fully saturated rings. The first-order chi connectivity index (χ1) is 11.6. The number of halogens is 1. The van der Waals surface area contributed by atoms with E-state index in [1.54, 1.807) is 18.4 Å². The summed E-state index contributed by atoms with van der Waals surface area (Å²) < 4.78 is 5.99. The van der Waals surface area contributed by atoms with E-state index in [0.717, 1.165) is 4.47 Å². The number of hydrogen-bond donors (Lipinski definition) is 2. The van der Waals surface area contributed by atoms with E-state index in [0.29, 0.717) is 23.2 Å². The number of thioether (sulfide) groups is 1. The van der Waals surface area contributed by atoms with E-state index in [1.165, 1.54) is 11.8 Å². The van der Waals surface area contributed by atoms with Crippen molar-refractivity contribution in [2.75, 3.05) is 5.32 Å². The molecule has 1 saturated heterocycles. The van der Waals surface area contributed by atoms with Crippen LogP contribution < -0.4 is 10.6 Å². The summed E-state index contributed by atoms with van der Waals surface area (Å²) in [7, 11) is 0. The second kappa shape index (κ2) is 7.67. The molecule has 8 heteroatoms. The van der Waals surface area contributed by atoms with Crippen LogP contribution in [0.25, 0.3) is 0 Å². The molecule has 0 bridgehead atoms. The number of furan rings is 1. The summed E-state index contributed by atoms with van der Waals surface area (Å²) in [6.07, 6.45) is 1.66. The number of carbonyl (C=O) groups excluding carboxylic acids is 2. The first kappa shape index (κ1) is 16.8. The van der Waals surface area contributed by atoms with Crippen molar-refractivity contribution >= 4 is 50.4 Å². The van der Waals surface area contributed by atoms with Crippen molar-refractivity contribution in [3.8, 4) is 0 Å². The number of carbonyl (C=O) groups is 2. The van der Waals surface area contributed by atoms with Gasteiger partial charge in [-0.2, -0.15) is 0 Å². The molecule has 2 heterocycles. The Morgan fingerprint density at radius 2 is 2.17 bits per heavy atom. The van der Waals surface area contributed by atoms with Crippen LogP contribution in [0.2, 0.25) is 0 Å². The van der Waals surface area contributed by atoms with Gasteiger partial charge in [0, 0.05) is 10.9 Å². The van der Waals surface area contributed by atoms with Gasteiger partial charge in [0.05, 0.1) is 18.5 Å². The van der Waals surface area contributed by atoms with E-state index in [4.69, 9.17) is 4.42 Å². The van der Waals surface area contributed by atoms with Gasteiger partial charge in [-0.15, -0.1) is 0 Å². The average Bonchev–Trinajstić information content (AvgIpc) is 3.18. The van der Waals surface area contributed by atoms with Crippen molar-refractivity contribution in [1.82, 2.24) is 5.32 Å². The van der Waals surface area contributed by atoms with Gasteiger partial charge in [0.1, 0.15) is 11.0 Å². The van der Waals surface area contributed by atoms with Crippen molar-refractivity contribution in [3.63, 3.8) is 0 Å². The third kappa shape index (κ3) is 4.27. The van der Waals surface area contributed by atoms with Gasteiger partial charge < -0.3 is 15.1 Å². The predicted octanol–water partition coefficient (Wildman–Crippen LogP) is 3.16. The topological polar surface area (TPSA) is 83.7 Å². The van der Waals surface area contributed by atoms with Gasteiger partial charge in [-0.25, -0.2) is 0 Å². The van der Waals surface area contributed by atoms with Crippen LogP contribution in [-0.2, 0) is 16.1 Å². The number of amidine groups is 1. The molecule has 0 radical (unpaired) electrons. The van der Waals surface area contributed by atoms with Crippen molar-refractivity contribution in [2.45, 2.75) is 18.2 Å². The molecule has 0 aliphatic carbocycles. The molecular weight excluding hydrogens is 394 g/mol. The van der Waals surface area contributed by atoms with Gasteiger partial charge in [-0.05, 0) is 40.2 Å². The lowest BCUT2D eigenvalue weighted by atomic mass is 10.2. The molecule has 124 valence electrons. The molecule has 1 aromatic heterocycles. The Bertz CT molecular complexity index is 777. The van der Waals surface area contributed by atoms with Crippen molar-refractivity contribution < 1.29 is 14.0 Å². The molecule has 3 rings (SSSR count). The van der Waals surface area contributed by atoms with E-state index in [2.05, 4.69) is 31.6 Å². The van der Waals surface area contributed by atoms with Gasteiger partial charge >= 0.3 is 0 Å². The minimum Gasteiger partial charge on any atom is -0.467 e. The summed E-state index contributed by atoms with van der Waals surface area (Å²) in [4.78, 5) is 28.4. The summed E-state index contributed by atoms with van der Waals surface area (Å²) in [5, 5.41) is 5.51. The standard InChI is InChI=1S/C16H14BrN3O3S/c17-11-5-1-2-6-12(11)19-14(21)8-13-15(22)20-16(24-13)18-9-10-4-3-7-23-10/h1-7,13H,8-9H2,(H,19,21)(H,18,20,22). The van der Waals surface area contributed by atoms with Gasteiger partial charge in [0.2, 0.25) is 11.8 Å². The fraction of sp³-hybridized carbons (Fsp3) is 0.188. The van der Waals surface area contributed by atoms with E-state index in [1.807, 2.05) is 24.3 Å². The van der Waals surface area contributed by atoms with Crippen LogP contribution in [0, 0.1) is 0 Å². The Morgan fingerprint density at radius 1 is 1.33 bits per heavy atom. The van der Waals surface area contributed by atoms with E-state index >= 15 is 0 Å². The van der Waals surface area contributed by atoms with Crippen LogP contribution in [0.3, 0.4) is 0 Å². The Labute approximate surface area is 151 Å². The summed E-state index contributed by atoms with van der Waals surface area (Å²) in [6, 6.07) is 10.9. The number of rotatable bonds is 5. The summed E-state index contributed by atoms with van der Waals surface area (Å²) in [5.41, 5.74) is 0.678. The summed E-state index contributed by atoms with van der Waals surface area (Å²) in [6.45, 7) is 0.353. The molecule has 6 nitrogen and oxygen atoms in total. The maximum Gasteiger partial charge on any atom is 0.240 e. The highest BCUT2D eigenvalue weighted by molar-refractivity contribution is 9.10. The highest BCUT2D eigenvalue weighted by atomic mass is 79.9. The van der Waals surface area contributed by atoms with Crippen LogP contribution in [0.4, 0.5) is 5.69 Å². The van der Waals surface area contributed by atoms with Crippen molar-refractivity contribution in [1.29, 1.82) is 0 Å². The van der Waals surface area contributed by atoms with Crippen LogP contribution in [-0.4, -0.2) is 22.2 Å². The number of amides is 2. The largest absolute Gasteiger partial charge is 0.467 e. The quantitative estimate of drug-likeness (QED) is 0.796.